The number of benzene rings is 2. The summed E-state index contributed by atoms with van der Waals surface area (Å²) in [6.45, 7) is 13.4. The summed E-state index contributed by atoms with van der Waals surface area (Å²) >= 11 is 1.61. The van der Waals surface area contributed by atoms with E-state index in [9.17, 15) is 4.79 Å². The molecule has 1 amide bonds. The lowest BCUT2D eigenvalue weighted by Gasteiger charge is -2.29. The zero-order valence-corrected chi connectivity index (χ0v) is 25.3. The van der Waals surface area contributed by atoms with Crippen LogP contribution in [0.1, 0.15) is 76.1 Å². The van der Waals surface area contributed by atoms with Gasteiger partial charge in [0.25, 0.3) is 5.91 Å². The maximum Gasteiger partial charge on any atom is 0.255 e. The molecule has 3 aromatic rings. The predicted octanol–water partition coefficient (Wildman–Crippen LogP) is 7.29. The highest BCUT2D eigenvalue weighted by Crippen LogP contribution is 2.40. The van der Waals surface area contributed by atoms with E-state index in [1.54, 1.807) is 11.8 Å². The number of allylic oxidation sites excluding steroid dienone is 1. The second kappa shape index (κ2) is 13.7. The fourth-order valence-electron chi connectivity index (χ4n) is 4.68. The van der Waals surface area contributed by atoms with Crippen molar-refractivity contribution in [3.63, 3.8) is 0 Å². The number of aryl methyl sites for hydroxylation is 1. The van der Waals surface area contributed by atoms with Crippen molar-refractivity contribution in [2.75, 3.05) is 29.6 Å². The smallest absolute Gasteiger partial charge is 0.255 e. The highest BCUT2D eigenvalue weighted by molar-refractivity contribution is 7.99. The molecular formula is C31H41N5O3S. The quantitative estimate of drug-likeness (QED) is 0.167. The molecule has 4 rings (SSSR count). The van der Waals surface area contributed by atoms with Gasteiger partial charge in [0.1, 0.15) is 6.04 Å². The third-order valence-electron chi connectivity index (χ3n) is 6.95. The number of thioether (sulfide) groups is 1. The van der Waals surface area contributed by atoms with E-state index < -0.39 is 6.04 Å². The number of ether oxygens (including phenoxy) is 2. The third kappa shape index (κ3) is 6.63. The number of amides is 1. The molecule has 0 radical (unpaired) electrons. The second-order valence-electron chi connectivity index (χ2n) is 9.97. The van der Waals surface area contributed by atoms with E-state index in [4.69, 9.17) is 19.6 Å². The highest BCUT2D eigenvalue weighted by atomic mass is 32.2. The first kappa shape index (κ1) is 29.5. The van der Waals surface area contributed by atoms with E-state index in [1.165, 1.54) is 0 Å². The number of fused-ring (bicyclic) bond motifs is 1. The first-order valence-electron chi connectivity index (χ1n) is 14.2. The van der Waals surface area contributed by atoms with E-state index in [2.05, 4.69) is 24.5 Å². The molecule has 2 N–H and O–H groups in total. The fraction of sp³-hybridized carbons (Fsp3) is 0.452. The van der Waals surface area contributed by atoms with Gasteiger partial charge >= 0.3 is 0 Å². The van der Waals surface area contributed by atoms with Crippen LogP contribution < -0.4 is 20.1 Å². The molecule has 1 aliphatic rings. The summed E-state index contributed by atoms with van der Waals surface area (Å²) in [5, 5.41) is 12.0. The van der Waals surface area contributed by atoms with Crippen molar-refractivity contribution in [3.8, 4) is 11.5 Å². The third-order valence-corrected chi connectivity index (χ3v) is 8.00. The van der Waals surface area contributed by atoms with Crippen LogP contribution in [0.2, 0.25) is 0 Å². The molecule has 1 aromatic heterocycles. The SMILES string of the molecule is CCCCCOc1ccc(C2C(C(=O)Nc3cccc(C)c3C)=C(C)Nc3nc(SCCC)nn32)cc1OCC. The molecule has 0 spiro atoms. The Hall–Kier alpha value is -3.46. The normalized spacial score (nSPS) is 14.5. The van der Waals surface area contributed by atoms with Crippen LogP contribution in [0.5, 0.6) is 11.5 Å². The van der Waals surface area contributed by atoms with Gasteiger partial charge in [-0.1, -0.05) is 56.7 Å². The topological polar surface area (TPSA) is 90.3 Å². The fourth-order valence-corrected chi connectivity index (χ4v) is 5.36. The summed E-state index contributed by atoms with van der Waals surface area (Å²) < 4.78 is 13.9. The number of hydrogen-bond acceptors (Lipinski definition) is 7. The lowest BCUT2D eigenvalue weighted by Crippen LogP contribution is -2.31. The Kier molecular flexibility index (Phi) is 10.1. The van der Waals surface area contributed by atoms with Gasteiger partial charge in [0.05, 0.1) is 18.8 Å². The molecule has 2 heterocycles. The molecule has 0 fully saturated rings. The van der Waals surface area contributed by atoms with Crippen molar-refractivity contribution in [3.05, 3.63) is 64.4 Å². The summed E-state index contributed by atoms with van der Waals surface area (Å²) in [6.07, 6.45) is 4.26. The van der Waals surface area contributed by atoms with Crippen molar-refractivity contribution in [2.24, 2.45) is 0 Å². The maximum absolute atomic E-state index is 14.0. The van der Waals surface area contributed by atoms with Crippen LogP contribution in [0.3, 0.4) is 0 Å². The molecule has 0 aliphatic carbocycles. The second-order valence-corrected chi connectivity index (χ2v) is 11.0. The number of rotatable bonds is 13. The minimum atomic E-state index is -0.502. The number of carbonyl (C=O) groups excluding carboxylic acids is 1. The van der Waals surface area contributed by atoms with Crippen LogP contribution in [-0.4, -0.2) is 39.6 Å². The average molecular weight is 564 g/mol. The minimum absolute atomic E-state index is 0.189. The van der Waals surface area contributed by atoms with Gasteiger partial charge in [-0.2, -0.15) is 4.98 Å². The Balaban J connectivity index is 1.76. The largest absolute Gasteiger partial charge is 0.490 e. The maximum atomic E-state index is 14.0. The molecule has 9 heteroatoms. The molecule has 1 aliphatic heterocycles. The van der Waals surface area contributed by atoms with E-state index in [1.807, 2.05) is 68.8 Å². The monoisotopic (exact) mass is 563 g/mol. The Morgan fingerprint density at radius 2 is 1.88 bits per heavy atom. The highest BCUT2D eigenvalue weighted by Gasteiger charge is 2.35. The van der Waals surface area contributed by atoms with Gasteiger partial charge in [-0.05, 0) is 75.4 Å². The molecule has 0 bridgehead atoms. The van der Waals surface area contributed by atoms with Crippen molar-refractivity contribution in [1.82, 2.24) is 14.8 Å². The Morgan fingerprint density at radius 3 is 2.62 bits per heavy atom. The number of nitrogens with one attached hydrogen (secondary N) is 2. The number of unbranched alkanes of at least 4 members (excludes halogenated alkanes) is 2. The van der Waals surface area contributed by atoms with Crippen molar-refractivity contribution < 1.29 is 14.3 Å². The van der Waals surface area contributed by atoms with Gasteiger partial charge in [-0.3, -0.25) is 4.79 Å². The summed E-state index contributed by atoms with van der Waals surface area (Å²) in [6, 6.07) is 11.3. The van der Waals surface area contributed by atoms with Gasteiger partial charge in [-0.15, -0.1) is 5.10 Å². The lowest BCUT2D eigenvalue weighted by molar-refractivity contribution is -0.113. The summed E-state index contributed by atoms with van der Waals surface area (Å²) in [7, 11) is 0. The summed E-state index contributed by atoms with van der Waals surface area (Å²) in [4.78, 5) is 18.7. The van der Waals surface area contributed by atoms with Crippen LogP contribution in [0, 0.1) is 13.8 Å². The Bertz CT molecular complexity index is 1370. The molecule has 8 nitrogen and oxygen atoms in total. The van der Waals surface area contributed by atoms with Gasteiger partial charge in [-0.25, -0.2) is 4.68 Å². The minimum Gasteiger partial charge on any atom is -0.490 e. The number of nitrogens with zero attached hydrogens (tertiary/aromatic N) is 3. The first-order chi connectivity index (χ1) is 19.4. The van der Waals surface area contributed by atoms with Crippen LogP contribution in [0.4, 0.5) is 11.6 Å². The molecular weight excluding hydrogens is 522 g/mol. The van der Waals surface area contributed by atoms with Crippen molar-refractivity contribution in [2.45, 2.75) is 78.4 Å². The summed E-state index contributed by atoms with van der Waals surface area (Å²) in [5.74, 6) is 2.70. The van der Waals surface area contributed by atoms with Crippen molar-refractivity contribution in [1.29, 1.82) is 0 Å². The van der Waals surface area contributed by atoms with Gasteiger partial charge in [0.2, 0.25) is 11.1 Å². The molecule has 2 aromatic carbocycles. The van der Waals surface area contributed by atoms with Crippen LogP contribution in [0.15, 0.2) is 52.8 Å². The first-order valence-corrected chi connectivity index (χ1v) is 15.2. The summed E-state index contributed by atoms with van der Waals surface area (Å²) in [5.41, 5.74) is 5.13. The lowest BCUT2D eigenvalue weighted by atomic mass is 9.94. The van der Waals surface area contributed by atoms with E-state index in [0.29, 0.717) is 41.4 Å². The molecule has 0 saturated carbocycles. The number of hydrogen-bond donors (Lipinski definition) is 2. The molecule has 214 valence electrons. The van der Waals surface area contributed by atoms with Crippen LogP contribution in [0.25, 0.3) is 0 Å². The van der Waals surface area contributed by atoms with E-state index in [-0.39, 0.29) is 5.91 Å². The number of aromatic nitrogens is 3. The van der Waals surface area contributed by atoms with Crippen molar-refractivity contribution >= 4 is 29.3 Å². The van der Waals surface area contributed by atoms with Gasteiger partial charge < -0.3 is 20.1 Å². The number of carbonyl (C=O) groups is 1. The van der Waals surface area contributed by atoms with Crippen LogP contribution >= 0.6 is 11.8 Å². The average Bonchev–Trinajstić information content (AvgIpc) is 3.34. The molecule has 40 heavy (non-hydrogen) atoms. The predicted molar refractivity (Wildman–Crippen MR) is 163 cm³/mol. The zero-order chi connectivity index (χ0) is 28.6. The van der Waals surface area contributed by atoms with Crippen LogP contribution in [-0.2, 0) is 4.79 Å². The Morgan fingerprint density at radius 1 is 1.05 bits per heavy atom. The van der Waals surface area contributed by atoms with E-state index >= 15 is 0 Å². The molecule has 0 saturated heterocycles. The standard InChI is InChI=1S/C31H41N5O3S/c1-7-10-11-17-39-25-16-15-23(19-26(25)38-9-3)28-27(29(37)33-24-14-12-13-20(4)21(24)5)22(6)32-30-34-31(35-36(28)30)40-18-8-2/h12-16,19,28H,7-11,17-18H2,1-6H3,(H,33,37)(H,32,34,35). The Labute approximate surface area is 241 Å². The van der Waals surface area contributed by atoms with E-state index in [0.717, 1.165) is 59.5 Å². The van der Waals surface area contributed by atoms with Gasteiger partial charge in [0, 0.05) is 17.1 Å². The zero-order valence-electron chi connectivity index (χ0n) is 24.5. The van der Waals surface area contributed by atoms with Gasteiger partial charge in [0.15, 0.2) is 11.5 Å². The molecule has 1 atom stereocenters. The number of anilines is 2. The molecule has 1 unspecified atom stereocenters.